The first-order chi connectivity index (χ1) is 11.1. The molecule has 1 aliphatic heterocycles. The summed E-state index contributed by atoms with van der Waals surface area (Å²) in [4.78, 5) is 23.8. The van der Waals surface area contributed by atoms with Gasteiger partial charge in [0.25, 0.3) is 5.91 Å². The molecular weight excluding hydrogens is 309 g/mol. The Labute approximate surface area is 130 Å². The molecule has 2 heterocycles. The molecular formula is C15H13F3N4O. The lowest BCUT2D eigenvalue weighted by atomic mass is 10.1. The molecule has 0 spiro atoms. The van der Waals surface area contributed by atoms with Crippen molar-refractivity contribution in [3.8, 4) is 0 Å². The van der Waals surface area contributed by atoms with Crippen molar-refractivity contribution in [3.63, 3.8) is 0 Å². The Kier molecular flexibility index (Phi) is 4.14. The van der Waals surface area contributed by atoms with E-state index in [0.717, 1.165) is 12.1 Å². The van der Waals surface area contributed by atoms with Gasteiger partial charge in [0.05, 0.1) is 5.56 Å². The smallest absolute Gasteiger partial charge is 0.257 e. The van der Waals surface area contributed by atoms with Gasteiger partial charge in [0.2, 0.25) is 5.95 Å². The first-order valence-corrected chi connectivity index (χ1v) is 7.02. The van der Waals surface area contributed by atoms with Crippen LogP contribution in [0.5, 0.6) is 0 Å². The molecule has 1 aromatic carbocycles. The molecule has 0 atom stereocenters. The highest BCUT2D eigenvalue weighted by Crippen LogP contribution is 2.18. The summed E-state index contributed by atoms with van der Waals surface area (Å²) in [7, 11) is 0. The summed E-state index contributed by atoms with van der Waals surface area (Å²) in [5.74, 6) is -4.50. The van der Waals surface area contributed by atoms with Crippen molar-refractivity contribution < 1.29 is 18.0 Å². The van der Waals surface area contributed by atoms with Crippen molar-refractivity contribution in [1.82, 2.24) is 14.9 Å². The van der Waals surface area contributed by atoms with Crippen LogP contribution in [0.4, 0.5) is 19.1 Å². The summed E-state index contributed by atoms with van der Waals surface area (Å²) in [6.45, 7) is 1.58. The average Bonchev–Trinajstić information content (AvgIpc) is 2.60. The number of hydrogen-bond acceptors (Lipinski definition) is 4. The van der Waals surface area contributed by atoms with E-state index in [9.17, 15) is 18.0 Å². The predicted molar refractivity (Wildman–Crippen MR) is 76.5 cm³/mol. The van der Waals surface area contributed by atoms with E-state index in [1.807, 2.05) is 4.90 Å². The van der Waals surface area contributed by atoms with Crippen LogP contribution in [0.2, 0.25) is 0 Å². The van der Waals surface area contributed by atoms with E-state index in [1.165, 1.54) is 4.90 Å². The van der Waals surface area contributed by atoms with Crippen LogP contribution in [0, 0.1) is 17.5 Å². The van der Waals surface area contributed by atoms with E-state index in [-0.39, 0.29) is 0 Å². The third kappa shape index (κ3) is 2.96. The van der Waals surface area contributed by atoms with Gasteiger partial charge in [0.1, 0.15) is 0 Å². The Balaban J connectivity index is 1.70. The zero-order valence-electron chi connectivity index (χ0n) is 12.0. The fourth-order valence-corrected chi connectivity index (χ4v) is 2.43. The Bertz CT molecular complexity index is 718. The van der Waals surface area contributed by atoms with Gasteiger partial charge in [0.15, 0.2) is 17.5 Å². The number of rotatable bonds is 2. The molecule has 0 bridgehead atoms. The minimum atomic E-state index is -1.63. The number of amides is 1. The number of halogens is 3. The van der Waals surface area contributed by atoms with E-state index in [0.29, 0.717) is 32.1 Å². The molecule has 5 nitrogen and oxygen atoms in total. The number of carbonyl (C=O) groups is 1. The number of hydrogen-bond donors (Lipinski definition) is 0. The van der Waals surface area contributed by atoms with E-state index in [4.69, 9.17) is 0 Å². The van der Waals surface area contributed by atoms with Gasteiger partial charge in [-0.2, -0.15) is 0 Å². The van der Waals surface area contributed by atoms with Crippen LogP contribution in [-0.4, -0.2) is 47.0 Å². The molecule has 0 N–H and O–H groups in total. The molecule has 0 aliphatic carbocycles. The van der Waals surface area contributed by atoms with Gasteiger partial charge < -0.3 is 9.80 Å². The van der Waals surface area contributed by atoms with Crippen LogP contribution in [-0.2, 0) is 0 Å². The molecule has 0 unspecified atom stereocenters. The predicted octanol–water partition coefficient (Wildman–Crippen LogP) is 1.86. The minimum Gasteiger partial charge on any atom is -0.337 e. The Morgan fingerprint density at radius 1 is 0.957 bits per heavy atom. The number of anilines is 1. The number of piperazine rings is 1. The fourth-order valence-electron chi connectivity index (χ4n) is 2.43. The van der Waals surface area contributed by atoms with Gasteiger partial charge in [-0.25, -0.2) is 23.1 Å². The van der Waals surface area contributed by atoms with E-state index < -0.39 is 28.9 Å². The topological polar surface area (TPSA) is 49.3 Å². The average molecular weight is 322 g/mol. The second-order valence-corrected chi connectivity index (χ2v) is 5.05. The van der Waals surface area contributed by atoms with Crippen molar-refractivity contribution >= 4 is 11.9 Å². The molecule has 8 heteroatoms. The highest BCUT2D eigenvalue weighted by Gasteiger charge is 2.27. The quantitative estimate of drug-likeness (QED) is 0.792. The molecule has 1 amide bonds. The highest BCUT2D eigenvalue weighted by molar-refractivity contribution is 5.94. The first kappa shape index (κ1) is 15.3. The summed E-state index contributed by atoms with van der Waals surface area (Å²) in [6, 6.07) is 3.41. The lowest BCUT2D eigenvalue weighted by Gasteiger charge is -2.34. The van der Waals surface area contributed by atoms with Gasteiger partial charge >= 0.3 is 0 Å². The molecule has 0 saturated carbocycles. The molecule has 120 valence electrons. The Morgan fingerprint density at radius 2 is 1.61 bits per heavy atom. The van der Waals surface area contributed by atoms with Gasteiger partial charge in [-0.3, -0.25) is 4.79 Å². The maximum atomic E-state index is 13.7. The van der Waals surface area contributed by atoms with Crippen molar-refractivity contribution in [2.45, 2.75) is 0 Å². The highest BCUT2D eigenvalue weighted by atomic mass is 19.2. The molecule has 3 rings (SSSR count). The number of aromatic nitrogens is 2. The largest absolute Gasteiger partial charge is 0.337 e. The van der Waals surface area contributed by atoms with Crippen LogP contribution in [0.15, 0.2) is 30.6 Å². The van der Waals surface area contributed by atoms with Crippen LogP contribution >= 0.6 is 0 Å². The van der Waals surface area contributed by atoms with Crippen LogP contribution in [0.25, 0.3) is 0 Å². The van der Waals surface area contributed by atoms with Gasteiger partial charge in [-0.15, -0.1) is 0 Å². The fraction of sp³-hybridized carbons (Fsp3) is 0.267. The lowest BCUT2D eigenvalue weighted by molar-refractivity contribution is 0.0740. The monoisotopic (exact) mass is 322 g/mol. The molecule has 1 aromatic heterocycles. The number of benzene rings is 1. The summed E-state index contributed by atoms with van der Waals surface area (Å²) in [5.41, 5.74) is -0.465. The second-order valence-electron chi connectivity index (χ2n) is 5.05. The third-order valence-electron chi connectivity index (χ3n) is 3.67. The molecule has 23 heavy (non-hydrogen) atoms. The zero-order chi connectivity index (χ0) is 16.4. The van der Waals surface area contributed by atoms with Crippen LogP contribution in [0.1, 0.15) is 10.4 Å². The van der Waals surface area contributed by atoms with E-state index in [1.54, 1.807) is 18.5 Å². The van der Waals surface area contributed by atoms with Crippen molar-refractivity contribution in [1.29, 1.82) is 0 Å². The van der Waals surface area contributed by atoms with Crippen LogP contribution < -0.4 is 4.90 Å². The standard InChI is InChI=1S/C15H13F3N4O/c16-11-3-2-10(12(17)13(11)18)14(23)21-6-8-22(9-7-21)15-19-4-1-5-20-15/h1-5H,6-9H2. The second kappa shape index (κ2) is 6.23. The summed E-state index contributed by atoms with van der Waals surface area (Å²) < 4.78 is 39.9. The van der Waals surface area contributed by atoms with E-state index >= 15 is 0 Å². The molecule has 1 aliphatic rings. The summed E-state index contributed by atoms with van der Waals surface area (Å²) in [6.07, 6.45) is 3.24. The first-order valence-electron chi connectivity index (χ1n) is 7.02. The zero-order valence-corrected chi connectivity index (χ0v) is 12.0. The molecule has 1 fully saturated rings. The minimum absolute atomic E-state index is 0.315. The van der Waals surface area contributed by atoms with Crippen LogP contribution in [0.3, 0.4) is 0 Å². The normalized spacial score (nSPS) is 14.9. The van der Waals surface area contributed by atoms with Crippen molar-refractivity contribution in [3.05, 3.63) is 53.6 Å². The summed E-state index contributed by atoms with van der Waals surface area (Å²) >= 11 is 0. The van der Waals surface area contributed by atoms with Gasteiger partial charge in [0, 0.05) is 38.6 Å². The van der Waals surface area contributed by atoms with Gasteiger partial charge in [-0.05, 0) is 18.2 Å². The SMILES string of the molecule is O=C(c1ccc(F)c(F)c1F)N1CCN(c2ncccn2)CC1. The Hall–Kier alpha value is -2.64. The molecule has 2 aromatic rings. The van der Waals surface area contributed by atoms with Crippen molar-refractivity contribution in [2.24, 2.45) is 0 Å². The van der Waals surface area contributed by atoms with Crippen molar-refractivity contribution in [2.75, 3.05) is 31.1 Å². The number of carbonyl (C=O) groups excluding carboxylic acids is 1. The van der Waals surface area contributed by atoms with Gasteiger partial charge in [-0.1, -0.05) is 0 Å². The third-order valence-corrected chi connectivity index (χ3v) is 3.67. The Morgan fingerprint density at radius 3 is 2.26 bits per heavy atom. The maximum Gasteiger partial charge on any atom is 0.257 e. The maximum absolute atomic E-state index is 13.7. The molecule has 0 radical (unpaired) electrons. The summed E-state index contributed by atoms with van der Waals surface area (Å²) in [5, 5.41) is 0. The molecule has 1 saturated heterocycles. The lowest BCUT2D eigenvalue weighted by Crippen LogP contribution is -2.49. The number of nitrogens with zero attached hydrogens (tertiary/aromatic N) is 4. The van der Waals surface area contributed by atoms with E-state index in [2.05, 4.69) is 9.97 Å².